The Balaban J connectivity index is 2.57. The molecule has 0 bridgehead atoms. The molecule has 0 radical (unpaired) electrons. The molecule has 0 aliphatic heterocycles. The fourth-order valence-corrected chi connectivity index (χ4v) is 2.12. The lowest BCUT2D eigenvalue weighted by atomic mass is 9.97. The van der Waals surface area contributed by atoms with Crippen molar-refractivity contribution in [1.29, 1.82) is 5.26 Å². The SMILES string of the molecule is N#CCc1ccc(Cl)cc1-c1ccc([N+](=O)[O-])c(N)c1. The van der Waals surface area contributed by atoms with E-state index < -0.39 is 4.92 Å². The van der Waals surface area contributed by atoms with E-state index in [4.69, 9.17) is 22.6 Å². The zero-order chi connectivity index (χ0) is 14.7. The normalized spacial score (nSPS) is 10.0. The van der Waals surface area contributed by atoms with Crippen LogP contribution in [0.5, 0.6) is 0 Å². The van der Waals surface area contributed by atoms with Crippen LogP contribution >= 0.6 is 11.6 Å². The molecule has 0 saturated carbocycles. The topological polar surface area (TPSA) is 92.9 Å². The fraction of sp³-hybridized carbons (Fsp3) is 0.0714. The van der Waals surface area contributed by atoms with E-state index in [0.29, 0.717) is 10.6 Å². The second-order valence-electron chi connectivity index (χ2n) is 4.17. The minimum Gasteiger partial charge on any atom is -0.393 e. The van der Waals surface area contributed by atoms with Crippen molar-refractivity contribution < 1.29 is 4.92 Å². The number of rotatable bonds is 3. The molecule has 2 rings (SSSR count). The van der Waals surface area contributed by atoms with E-state index in [1.807, 2.05) is 0 Å². The summed E-state index contributed by atoms with van der Waals surface area (Å²) in [5.41, 5.74) is 7.86. The Morgan fingerprint density at radius 3 is 2.65 bits per heavy atom. The van der Waals surface area contributed by atoms with Crippen LogP contribution in [-0.2, 0) is 6.42 Å². The van der Waals surface area contributed by atoms with Crippen molar-refractivity contribution >= 4 is 23.0 Å². The van der Waals surface area contributed by atoms with E-state index in [-0.39, 0.29) is 17.8 Å². The average Bonchev–Trinajstić information content (AvgIpc) is 2.40. The van der Waals surface area contributed by atoms with Crippen LogP contribution in [0.4, 0.5) is 11.4 Å². The lowest BCUT2D eigenvalue weighted by Crippen LogP contribution is -1.96. The number of nitrogens with zero attached hydrogens (tertiary/aromatic N) is 2. The van der Waals surface area contributed by atoms with Crippen LogP contribution in [0.1, 0.15) is 5.56 Å². The lowest BCUT2D eigenvalue weighted by Gasteiger charge is -2.09. The highest BCUT2D eigenvalue weighted by atomic mass is 35.5. The minimum atomic E-state index is -0.534. The number of hydrogen-bond acceptors (Lipinski definition) is 4. The van der Waals surface area contributed by atoms with Crippen LogP contribution < -0.4 is 5.73 Å². The maximum absolute atomic E-state index is 10.8. The van der Waals surface area contributed by atoms with Gasteiger partial charge in [-0.25, -0.2) is 0 Å². The second-order valence-corrected chi connectivity index (χ2v) is 4.60. The Kier molecular flexibility index (Phi) is 3.87. The van der Waals surface area contributed by atoms with Gasteiger partial charge in [-0.05, 0) is 41.0 Å². The molecule has 5 nitrogen and oxygen atoms in total. The zero-order valence-electron chi connectivity index (χ0n) is 10.3. The summed E-state index contributed by atoms with van der Waals surface area (Å²) < 4.78 is 0. The van der Waals surface area contributed by atoms with Crippen LogP contribution in [0.15, 0.2) is 36.4 Å². The van der Waals surface area contributed by atoms with Gasteiger partial charge in [0.25, 0.3) is 5.69 Å². The van der Waals surface area contributed by atoms with Gasteiger partial charge in [-0.15, -0.1) is 0 Å². The first-order valence-electron chi connectivity index (χ1n) is 5.72. The molecule has 0 aliphatic rings. The van der Waals surface area contributed by atoms with E-state index in [2.05, 4.69) is 6.07 Å². The highest BCUT2D eigenvalue weighted by Gasteiger charge is 2.13. The molecule has 0 heterocycles. The molecule has 0 unspecified atom stereocenters. The summed E-state index contributed by atoms with van der Waals surface area (Å²) in [5.74, 6) is 0. The van der Waals surface area contributed by atoms with Gasteiger partial charge in [0.15, 0.2) is 0 Å². The van der Waals surface area contributed by atoms with Crippen LogP contribution in [0.25, 0.3) is 11.1 Å². The van der Waals surface area contributed by atoms with Gasteiger partial charge >= 0.3 is 0 Å². The standard InChI is InChI=1S/C14H10ClN3O2/c15-11-3-1-9(5-6-16)12(8-11)10-2-4-14(18(19)20)13(17)7-10/h1-4,7-8H,5,17H2. The first-order valence-corrected chi connectivity index (χ1v) is 6.10. The molecule has 2 aromatic carbocycles. The van der Waals surface area contributed by atoms with Gasteiger partial charge in [0.1, 0.15) is 5.69 Å². The highest BCUT2D eigenvalue weighted by Crippen LogP contribution is 2.32. The van der Waals surface area contributed by atoms with Crippen molar-refractivity contribution in [3.05, 3.63) is 57.1 Å². The van der Waals surface area contributed by atoms with Gasteiger partial charge < -0.3 is 5.73 Å². The molecule has 6 heteroatoms. The number of nitrogens with two attached hydrogens (primary N) is 1. The van der Waals surface area contributed by atoms with E-state index in [1.54, 1.807) is 24.3 Å². The highest BCUT2D eigenvalue weighted by molar-refractivity contribution is 6.30. The number of anilines is 1. The molecule has 2 N–H and O–H groups in total. The number of benzene rings is 2. The van der Waals surface area contributed by atoms with Crippen LogP contribution in [0.2, 0.25) is 5.02 Å². The average molecular weight is 288 g/mol. The second kappa shape index (κ2) is 5.59. The Morgan fingerprint density at radius 1 is 1.30 bits per heavy atom. The summed E-state index contributed by atoms with van der Waals surface area (Å²) in [5, 5.41) is 20.1. The smallest absolute Gasteiger partial charge is 0.292 e. The van der Waals surface area contributed by atoms with Gasteiger partial charge in [0, 0.05) is 11.1 Å². The van der Waals surface area contributed by atoms with Crippen molar-refractivity contribution in [2.75, 3.05) is 5.73 Å². The largest absolute Gasteiger partial charge is 0.393 e. The molecule has 0 aliphatic carbocycles. The Bertz CT molecular complexity index is 723. The maximum Gasteiger partial charge on any atom is 0.292 e. The summed E-state index contributed by atoms with van der Waals surface area (Å²) in [6.07, 6.45) is 0.226. The van der Waals surface area contributed by atoms with Crippen molar-refractivity contribution in [1.82, 2.24) is 0 Å². The maximum atomic E-state index is 10.8. The van der Waals surface area contributed by atoms with Crippen molar-refractivity contribution in [3.8, 4) is 17.2 Å². The van der Waals surface area contributed by atoms with Crippen LogP contribution in [0, 0.1) is 21.4 Å². The third-order valence-electron chi connectivity index (χ3n) is 2.88. The van der Waals surface area contributed by atoms with Crippen molar-refractivity contribution in [3.63, 3.8) is 0 Å². The lowest BCUT2D eigenvalue weighted by molar-refractivity contribution is -0.383. The summed E-state index contributed by atoms with van der Waals surface area (Å²) >= 11 is 5.97. The number of nitro groups is 1. The van der Waals surface area contributed by atoms with Crippen LogP contribution in [-0.4, -0.2) is 4.92 Å². The third-order valence-corrected chi connectivity index (χ3v) is 3.11. The zero-order valence-corrected chi connectivity index (χ0v) is 11.1. The first kappa shape index (κ1) is 13.8. The first-order chi connectivity index (χ1) is 9.52. The molecule has 2 aromatic rings. The molecule has 0 spiro atoms. The summed E-state index contributed by atoms with van der Waals surface area (Å²) in [6.45, 7) is 0. The number of nitro benzene ring substituents is 1. The van der Waals surface area contributed by atoms with Gasteiger partial charge in [-0.3, -0.25) is 10.1 Å². The summed E-state index contributed by atoms with van der Waals surface area (Å²) in [7, 11) is 0. The van der Waals surface area contributed by atoms with E-state index in [9.17, 15) is 10.1 Å². The molecule has 0 amide bonds. The van der Waals surface area contributed by atoms with E-state index >= 15 is 0 Å². The molecule has 0 fully saturated rings. The predicted octanol–water partition coefficient (Wildman–Crippen LogP) is 3.56. The van der Waals surface area contributed by atoms with Gasteiger partial charge in [-0.1, -0.05) is 17.7 Å². The molecule has 0 aromatic heterocycles. The third kappa shape index (κ3) is 2.71. The quantitative estimate of drug-likeness (QED) is 0.530. The Hall–Kier alpha value is -2.58. The van der Waals surface area contributed by atoms with E-state index in [0.717, 1.165) is 11.1 Å². The van der Waals surface area contributed by atoms with Crippen LogP contribution in [0.3, 0.4) is 0 Å². The van der Waals surface area contributed by atoms with Crippen molar-refractivity contribution in [2.24, 2.45) is 0 Å². The monoisotopic (exact) mass is 287 g/mol. The van der Waals surface area contributed by atoms with Crippen molar-refractivity contribution in [2.45, 2.75) is 6.42 Å². The molecule has 0 atom stereocenters. The Labute approximate surface area is 120 Å². The number of nitriles is 1. The molecule has 100 valence electrons. The number of halogens is 1. The Morgan fingerprint density at radius 2 is 2.05 bits per heavy atom. The van der Waals surface area contributed by atoms with Gasteiger partial charge in [0.2, 0.25) is 0 Å². The molecular formula is C14H10ClN3O2. The van der Waals surface area contributed by atoms with Gasteiger partial charge in [-0.2, -0.15) is 5.26 Å². The predicted molar refractivity (Wildman–Crippen MR) is 77.3 cm³/mol. The number of hydrogen-bond donors (Lipinski definition) is 1. The number of nitrogen functional groups attached to an aromatic ring is 1. The molecular weight excluding hydrogens is 278 g/mol. The van der Waals surface area contributed by atoms with E-state index in [1.165, 1.54) is 12.1 Å². The minimum absolute atomic E-state index is 0.0791. The summed E-state index contributed by atoms with van der Waals surface area (Å²) in [6, 6.07) is 11.7. The fourth-order valence-electron chi connectivity index (χ4n) is 1.95. The molecule has 0 saturated heterocycles. The molecule has 20 heavy (non-hydrogen) atoms. The summed E-state index contributed by atoms with van der Waals surface area (Å²) in [4.78, 5) is 10.2. The van der Waals surface area contributed by atoms with Gasteiger partial charge in [0.05, 0.1) is 17.4 Å².